The van der Waals surface area contributed by atoms with Crippen LogP contribution >= 0.6 is 0 Å². The fourth-order valence-corrected chi connectivity index (χ4v) is 3.31. The summed E-state index contributed by atoms with van der Waals surface area (Å²) in [4.78, 5) is 25.5. The van der Waals surface area contributed by atoms with E-state index in [9.17, 15) is 31.5 Å². The average molecular weight is 516 g/mol. The first-order chi connectivity index (χ1) is 17.0. The Labute approximate surface area is 201 Å². The topological polar surface area (TPSA) is 78.2 Å². The lowest BCUT2D eigenvalue weighted by Crippen LogP contribution is -2.29. The smallest absolute Gasteiger partial charge is 0.350 e. The molecular formula is C23H22F6N4O3. The third kappa shape index (κ3) is 5.24. The summed E-state index contributed by atoms with van der Waals surface area (Å²) >= 11 is 0. The molecule has 0 saturated heterocycles. The summed E-state index contributed by atoms with van der Waals surface area (Å²) in [5, 5.41) is 5.99. The summed E-state index contributed by atoms with van der Waals surface area (Å²) in [5.74, 6) is -5.50. The van der Waals surface area contributed by atoms with Crippen molar-refractivity contribution < 1.29 is 35.9 Å². The number of hydrogen-bond acceptors (Lipinski definition) is 4. The Balaban J connectivity index is 2.15. The average Bonchev–Trinajstić information content (AvgIpc) is 3.13. The van der Waals surface area contributed by atoms with Crippen LogP contribution in [0.1, 0.15) is 42.4 Å². The number of anilines is 1. The van der Waals surface area contributed by atoms with E-state index in [2.05, 4.69) is 5.10 Å². The van der Waals surface area contributed by atoms with Crippen molar-refractivity contribution in [2.45, 2.75) is 38.7 Å². The second kappa shape index (κ2) is 10.9. The largest absolute Gasteiger partial charge is 0.481 e. The molecule has 2 atom stereocenters. The summed E-state index contributed by atoms with van der Waals surface area (Å²) < 4.78 is 89.5. The van der Waals surface area contributed by atoms with Gasteiger partial charge >= 0.3 is 5.69 Å². The zero-order valence-corrected chi connectivity index (χ0v) is 19.4. The molecule has 1 amide bonds. The van der Waals surface area contributed by atoms with Crippen molar-refractivity contribution in [3.05, 3.63) is 69.7 Å². The number of para-hydroxylation sites is 1. The predicted molar refractivity (Wildman–Crippen MR) is 118 cm³/mol. The first-order valence-electron chi connectivity index (χ1n) is 10.8. The highest BCUT2D eigenvalue weighted by Gasteiger charge is 2.28. The van der Waals surface area contributed by atoms with Crippen LogP contribution in [0.25, 0.3) is 5.69 Å². The van der Waals surface area contributed by atoms with Gasteiger partial charge in [-0.3, -0.25) is 9.36 Å². The number of benzene rings is 2. The van der Waals surface area contributed by atoms with Gasteiger partial charge in [0.2, 0.25) is 0 Å². The molecule has 3 aromatic rings. The van der Waals surface area contributed by atoms with Crippen LogP contribution in [0.4, 0.5) is 32.0 Å². The van der Waals surface area contributed by atoms with Gasteiger partial charge in [0.15, 0.2) is 6.10 Å². The van der Waals surface area contributed by atoms with Gasteiger partial charge in [-0.15, -0.1) is 5.10 Å². The minimum absolute atomic E-state index is 0.196. The van der Waals surface area contributed by atoms with Crippen molar-refractivity contribution in [3.63, 3.8) is 0 Å². The van der Waals surface area contributed by atoms with Crippen LogP contribution < -0.4 is 15.7 Å². The summed E-state index contributed by atoms with van der Waals surface area (Å²) in [6, 6.07) is 3.97. The lowest BCUT2D eigenvalue weighted by molar-refractivity contribution is -0.00158. The molecule has 0 fully saturated rings. The third-order valence-electron chi connectivity index (χ3n) is 5.50. The number of amides is 1. The molecular weight excluding hydrogens is 494 g/mol. The van der Waals surface area contributed by atoms with E-state index in [1.165, 1.54) is 11.6 Å². The highest BCUT2D eigenvalue weighted by Crippen LogP contribution is 2.29. The number of carbonyl (C=O) groups excluding carboxylic acids is 1. The van der Waals surface area contributed by atoms with E-state index in [0.29, 0.717) is 23.0 Å². The Morgan fingerprint density at radius 3 is 2.33 bits per heavy atom. The molecule has 2 aromatic carbocycles. The number of nitrogens with zero attached hydrogens (tertiary/aromatic N) is 3. The molecule has 0 spiro atoms. The molecule has 1 N–H and O–H groups in total. The molecule has 7 nitrogen and oxygen atoms in total. The molecule has 194 valence electrons. The Morgan fingerprint density at radius 1 is 1.14 bits per heavy atom. The molecule has 3 rings (SSSR count). The molecule has 0 aliphatic rings. The SMILES string of the molecule is CCC(C)c1nn(-c2cc(O[C@@H](CF)C(F)F)c(C(=O)Nc3c(F)cccc3F)cc2F)c(=O)n1C. The normalized spacial score (nSPS) is 13.1. The Kier molecular flexibility index (Phi) is 8.10. The maximum Gasteiger partial charge on any atom is 0.350 e. The van der Waals surface area contributed by atoms with Crippen LogP contribution in [0.2, 0.25) is 0 Å². The van der Waals surface area contributed by atoms with Crippen molar-refractivity contribution >= 4 is 11.6 Å². The lowest BCUT2D eigenvalue weighted by Gasteiger charge is -2.19. The van der Waals surface area contributed by atoms with Crippen molar-refractivity contribution in [2.75, 3.05) is 12.0 Å². The summed E-state index contributed by atoms with van der Waals surface area (Å²) in [7, 11) is 1.41. The quantitative estimate of drug-likeness (QED) is 0.417. The lowest BCUT2D eigenvalue weighted by atomic mass is 10.1. The van der Waals surface area contributed by atoms with E-state index < -0.39 is 70.9 Å². The molecule has 36 heavy (non-hydrogen) atoms. The summed E-state index contributed by atoms with van der Waals surface area (Å²) in [5.41, 5.74) is -3.01. The minimum atomic E-state index is -3.34. The van der Waals surface area contributed by atoms with E-state index in [0.717, 1.165) is 24.3 Å². The van der Waals surface area contributed by atoms with Gasteiger partial charge < -0.3 is 10.1 Å². The molecule has 1 aromatic heterocycles. The Bertz CT molecular complexity index is 1300. The molecule has 13 heteroatoms. The van der Waals surface area contributed by atoms with E-state index in [-0.39, 0.29) is 5.92 Å². The van der Waals surface area contributed by atoms with Crippen molar-refractivity contribution in [3.8, 4) is 11.4 Å². The first-order valence-corrected chi connectivity index (χ1v) is 10.8. The number of nitrogens with one attached hydrogen (secondary N) is 1. The molecule has 0 saturated carbocycles. The third-order valence-corrected chi connectivity index (χ3v) is 5.50. The first kappa shape index (κ1) is 26.8. The maximum absolute atomic E-state index is 15.1. The van der Waals surface area contributed by atoms with Crippen LogP contribution in [0.3, 0.4) is 0 Å². The summed E-state index contributed by atoms with van der Waals surface area (Å²) in [6.45, 7) is 1.95. The minimum Gasteiger partial charge on any atom is -0.481 e. The zero-order chi connectivity index (χ0) is 26.7. The fraction of sp³-hybridized carbons (Fsp3) is 0.348. The zero-order valence-electron chi connectivity index (χ0n) is 19.4. The van der Waals surface area contributed by atoms with E-state index in [4.69, 9.17) is 4.74 Å². The van der Waals surface area contributed by atoms with Crippen molar-refractivity contribution in [2.24, 2.45) is 7.05 Å². The number of alkyl halides is 3. The monoisotopic (exact) mass is 516 g/mol. The van der Waals surface area contributed by atoms with Crippen LogP contribution in [-0.4, -0.2) is 39.5 Å². The second-order valence-electron chi connectivity index (χ2n) is 7.92. The molecule has 1 heterocycles. The summed E-state index contributed by atoms with van der Waals surface area (Å²) in [6.07, 6.45) is -5.09. The van der Waals surface area contributed by atoms with Gasteiger partial charge in [-0.25, -0.2) is 31.1 Å². The standard InChI is InChI=1S/C23H22F6N4O3/c1-4-11(2)21-31-33(23(35)32(21)3)16-9-17(36-18(10-24)20(28)29)12(8-15(16)27)22(34)30-19-13(25)6-5-7-14(19)26/h5-9,11,18,20H,4,10H2,1-3H3,(H,30,34)/t11?,18-/m0/s1. The molecule has 1 unspecified atom stereocenters. The number of aromatic nitrogens is 3. The van der Waals surface area contributed by atoms with Gasteiger partial charge in [0.25, 0.3) is 12.3 Å². The van der Waals surface area contributed by atoms with Crippen LogP contribution in [-0.2, 0) is 7.05 Å². The van der Waals surface area contributed by atoms with E-state index in [1.807, 2.05) is 12.2 Å². The Morgan fingerprint density at radius 2 is 1.78 bits per heavy atom. The molecule has 0 radical (unpaired) electrons. The Hall–Kier alpha value is -3.77. The number of ether oxygens (including phenoxy) is 1. The highest BCUT2D eigenvalue weighted by molar-refractivity contribution is 6.06. The van der Waals surface area contributed by atoms with Gasteiger partial charge in [-0.05, 0) is 24.6 Å². The number of rotatable bonds is 9. The number of halogens is 6. The van der Waals surface area contributed by atoms with Gasteiger partial charge in [0.05, 0.1) is 5.56 Å². The van der Waals surface area contributed by atoms with Crippen LogP contribution in [0.5, 0.6) is 5.75 Å². The van der Waals surface area contributed by atoms with Crippen molar-refractivity contribution in [1.82, 2.24) is 14.3 Å². The van der Waals surface area contributed by atoms with E-state index in [1.54, 1.807) is 6.92 Å². The van der Waals surface area contributed by atoms with Gasteiger partial charge in [0.1, 0.15) is 47.1 Å². The van der Waals surface area contributed by atoms with Crippen LogP contribution in [0.15, 0.2) is 35.1 Å². The fourth-order valence-electron chi connectivity index (χ4n) is 3.31. The molecule has 0 aliphatic carbocycles. The van der Waals surface area contributed by atoms with E-state index >= 15 is 4.39 Å². The van der Waals surface area contributed by atoms with Crippen molar-refractivity contribution in [1.29, 1.82) is 0 Å². The van der Waals surface area contributed by atoms with Crippen LogP contribution in [0, 0.1) is 17.5 Å². The number of carbonyl (C=O) groups is 1. The predicted octanol–water partition coefficient (Wildman–Crippen LogP) is 4.74. The molecule has 0 bridgehead atoms. The second-order valence-corrected chi connectivity index (χ2v) is 7.92. The molecule has 0 aliphatic heterocycles. The highest BCUT2D eigenvalue weighted by atomic mass is 19.3. The number of hydrogen-bond donors (Lipinski definition) is 1. The maximum atomic E-state index is 15.1. The van der Waals surface area contributed by atoms with Gasteiger partial charge in [0, 0.05) is 19.0 Å². The van der Waals surface area contributed by atoms with Gasteiger partial charge in [-0.1, -0.05) is 19.9 Å². The van der Waals surface area contributed by atoms with Gasteiger partial charge in [-0.2, -0.15) is 4.68 Å².